The largest absolute Gasteiger partial charge is 0.469 e. The van der Waals surface area contributed by atoms with Gasteiger partial charge in [-0.1, -0.05) is 18.2 Å². The molecule has 1 amide bonds. The lowest BCUT2D eigenvalue weighted by Crippen LogP contribution is -2.33. The number of nitro groups is 1. The number of benzene rings is 1. The van der Waals surface area contributed by atoms with Crippen molar-refractivity contribution >= 4 is 17.6 Å². The second-order valence-corrected chi connectivity index (χ2v) is 6.11. The average molecular weight is 334 g/mol. The first kappa shape index (κ1) is 17.9. The van der Waals surface area contributed by atoms with Crippen molar-refractivity contribution in [2.45, 2.75) is 32.1 Å². The second-order valence-electron chi connectivity index (χ2n) is 6.11. The molecule has 0 saturated heterocycles. The third kappa shape index (κ3) is 4.78. The first-order valence-electron chi connectivity index (χ1n) is 8.08. The van der Waals surface area contributed by atoms with Gasteiger partial charge < -0.3 is 10.1 Å². The molecule has 0 radical (unpaired) electrons. The highest BCUT2D eigenvalue weighted by atomic mass is 16.6. The van der Waals surface area contributed by atoms with Gasteiger partial charge in [0.15, 0.2) is 0 Å². The molecule has 1 aromatic carbocycles. The Balaban J connectivity index is 1.79. The van der Waals surface area contributed by atoms with Crippen LogP contribution in [0.5, 0.6) is 0 Å². The highest BCUT2D eigenvalue weighted by Gasteiger charge is 2.27. The van der Waals surface area contributed by atoms with E-state index < -0.39 is 4.92 Å². The number of para-hydroxylation sites is 1. The molecule has 1 N–H and O–H groups in total. The molecule has 0 heterocycles. The molecular weight excluding hydrogens is 312 g/mol. The molecule has 1 aromatic rings. The topological polar surface area (TPSA) is 98.5 Å². The quantitative estimate of drug-likeness (QED) is 0.489. The van der Waals surface area contributed by atoms with E-state index in [1.54, 1.807) is 18.2 Å². The molecule has 0 unspecified atom stereocenters. The molecule has 24 heavy (non-hydrogen) atoms. The first-order valence-corrected chi connectivity index (χ1v) is 8.08. The molecule has 0 spiro atoms. The van der Waals surface area contributed by atoms with Crippen LogP contribution in [0.1, 0.15) is 31.2 Å². The minimum absolute atomic E-state index is 0.00530. The number of carbonyl (C=O) groups is 2. The van der Waals surface area contributed by atoms with Gasteiger partial charge >= 0.3 is 5.97 Å². The fraction of sp³-hybridized carbons (Fsp3) is 0.529. The molecule has 130 valence electrons. The molecule has 1 saturated carbocycles. The van der Waals surface area contributed by atoms with Gasteiger partial charge in [0.25, 0.3) is 5.69 Å². The summed E-state index contributed by atoms with van der Waals surface area (Å²) < 4.78 is 4.76. The van der Waals surface area contributed by atoms with Crippen LogP contribution in [0.4, 0.5) is 5.69 Å². The van der Waals surface area contributed by atoms with E-state index in [0.29, 0.717) is 18.0 Å². The monoisotopic (exact) mass is 334 g/mol. The molecule has 0 bridgehead atoms. The van der Waals surface area contributed by atoms with Gasteiger partial charge in [-0.2, -0.15) is 0 Å². The summed E-state index contributed by atoms with van der Waals surface area (Å²) in [6, 6.07) is 6.26. The van der Waals surface area contributed by atoms with Gasteiger partial charge in [0.2, 0.25) is 5.91 Å². The molecule has 1 fully saturated rings. The Morgan fingerprint density at radius 2 is 1.92 bits per heavy atom. The van der Waals surface area contributed by atoms with Crippen molar-refractivity contribution in [2.24, 2.45) is 11.8 Å². The zero-order valence-electron chi connectivity index (χ0n) is 13.7. The normalized spacial score (nSPS) is 20.2. The number of nitrogens with one attached hydrogen (secondary N) is 1. The van der Waals surface area contributed by atoms with Crippen LogP contribution in [0.15, 0.2) is 24.3 Å². The SMILES string of the molecule is COC(=O)C1CCC(CNC(=O)Cc2ccccc2[N+](=O)[O-])CC1. The zero-order chi connectivity index (χ0) is 17.5. The van der Waals surface area contributed by atoms with Crippen molar-refractivity contribution in [1.29, 1.82) is 0 Å². The van der Waals surface area contributed by atoms with Crippen molar-refractivity contribution < 1.29 is 19.2 Å². The maximum absolute atomic E-state index is 12.0. The predicted molar refractivity (Wildman–Crippen MR) is 87.3 cm³/mol. The maximum Gasteiger partial charge on any atom is 0.308 e. The summed E-state index contributed by atoms with van der Waals surface area (Å²) in [6.07, 6.45) is 3.28. The molecule has 7 heteroatoms. The fourth-order valence-electron chi connectivity index (χ4n) is 3.10. The van der Waals surface area contributed by atoms with Crippen molar-refractivity contribution in [1.82, 2.24) is 5.32 Å². The van der Waals surface area contributed by atoms with Gasteiger partial charge in [0.05, 0.1) is 24.4 Å². The lowest BCUT2D eigenvalue weighted by molar-refractivity contribution is -0.385. The van der Waals surface area contributed by atoms with Crippen LogP contribution in [-0.2, 0) is 20.7 Å². The van der Waals surface area contributed by atoms with Crippen LogP contribution < -0.4 is 5.32 Å². The Labute approximate surface area is 140 Å². The van der Waals surface area contributed by atoms with Crippen molar-refractivity contribution in [2.75, 3.05) is 13.7 Å². The number of nitrogens with zero attached hydrogens (tertiary/aromatic N) is 1. The molecule has 0 aromatic heterocycles. The highest BCUT2D eigenvalue weighted by Crippen LogP contribution is 2.29. The number of methoxy groups -OCH3 is 1. The molecule has 0 atom stereocenters. The third-order valence-electron chi connectivity index (χ3n) is 4.51. The summed E-state index contributed by atoms with van der Waals surface area (Å²) >= 11 is 0. The zero-order valence-corrected chi connectivity index (χ0v) is 13.7. The van der Waals surface area contributed by atoms with Crippen molar-refractivity contribution in [3.63, 3.8) is 0 Å². The molecule has 1 aliphatic carbocycles. The number of amides is 1. The lowest BCUT2D eigenvalue weighted by atomic mass is 9.82. The summed E-state index contributed by atoms with van der Waals surface area (Å²) in [5.41, 5.74) is 0.376. The van der Waals surface area contributed by atoms with Gasteiger partial charge in [-0.3, -0.25) is 19.7 Å². The smallest absolute Gasteiger partial charge is 0.308 e. The predicted octanol–water partition coefficient (Wildman–Crippen LogP) is 2.23. The molecule has 7 nitrogen and oxygen atoms in total. The lowest BCUT2D eigenvalue weighted by Gasteiger charge is -2.26. The van der Waals surface area contributed by atoms with Gasteiger partial charge in [0, 0.05) is 18.2 Å². The highest BCUT2D eigenvalue weighted by molar-refractivity contribution is 5.79. The Morgan fingerprint density at radius 3 is 2.54 bits per heavy atom. The Kier molecular flexibility index (Phi) is 6.28. The summed E-state index contributed by atoms with van der Waals surface area (Å²) in [5.74, 6) is -0.0807. The van der Waals surface area contributed by atoms with Gasteiger partial charge in [0.1, 0.15) is 0 Å². The maximum atomic E-state index is 12.0. The van der Waals surface area contributed by atoms with Crippen LogP contribution in [0.3, 0.4) is 0 Å². The van der Waals surface area contributed by atoms with E-state index in [9.17, 15) is 19.7 Å². The van der Waals surface area contributed by atoms with E-state index in [1.807, 2.05) is 0 Å². The Hall–Kier alpha value is -2.44. The Bertz CT molecular complexity index is 609. The van der Waals surface area contributed by atoms with E-state index in [4.69, 9.17) is 4.74 Å². The van der Waals surface area contributed by atoms with Crippen LogP contribution in [0.2, 0.25) is 0 Å². The molecule has 2 rings (SSSR count). The number of rotatable bonds is 6. The number of hydrogen-bond acceptors (Lipinski definition) is 5. The van der Waals surface area contributed by atoms with Crippen molar-refractivity contribution in [3.8, 4) is 0 Å². The minimum Gasteiger partial charge on any atom is -0.469 e. The van der Waals surface area contributed by atoms with E-state index in [1.165, 1.54) is 13.2 Å². The summed E-state index contributed by atoms with van der Waals surface area (Å²) in [7, 11) is 1.40. The molecule has 0 aliphatic heterocycles. The van der Waals surface area contributed by atoms with E-state index in [-0.39, 0.29) is 29.9 Å². The number of ether oxygens (including phenoxy) is 1. The molecular formula is C17H22N2O5. The first-order chi connectivity index (χ1) is 11.5. The van der Waals surface area contributed by atoms with Crippen molar-refractivity contribution in [3.05, 3.63) is 39.9 Å². The number of nitro benzene ring substituents is 1. The minimum atomic E-state index is -0.475. The number of hydrogen-bond donors (Lipinski definition) is 1. The van der Waals surface area contributed by atoms with Gasteiger partial charge in [-0.25, -0.2) is 0 Å². The van der Waals surface area contributed by atoms with Gasteiger partial charge in [-0.15, -0.1) is 0 Å². The van der Waals surface area contributed by atoms with E-state index >= 15 is 0 Å². The third-order valence-corrected chi connectivity index (χ3v) is 4.51. The van der Waals surface area contributed by atoms with Crippen LogP contribution >= 0.6 is 0 Å². The Morgan fingerprint density at radius 1 is 1.25 bits per heavy atom. The van der Waals surface area contributed by atoms with E-state index in [2.05, 4.69) is 5.32 Å². The second kappa shape index (κ2) is 8.42. The van der Waals surface area contributed by atoms with Crippen LogP contribution in [-0.4, -0.2) is 30.5 Å². The van der Waals surface area contributed by atoms with E-state index in [0.717, 1.165) is 25.7 Å². The number of carbonyl (C=O) groups excluding carboxylic acids is 2. The average Bonchev–Trinajstić information content (AvgIpc) is 2.60. The molecule has 1 aliphatic rings. The summed E-state index contributed by atoms with van der Waals surface area (Å²) in [4.78, 5) is 34.0. The van der Waals surface area contributed by atoms with Crippen LogP contribution in [0, 0.1) is 22.0 Å². The number of esters is 1. The standard InChI is InChI=1S/C17H22N2O5/c1-24-17(21)13-8-6-12(7-9-13)11-18-16(20)10-14-4-2-3-5-15(14)19(22)23/h2-5,12-13H,6-11H2,1H3,(H,18,20). The fourth-order valence-corrected chi connectivity index (χ4v) is 3.10. The van der Waals surface area contributed by atoms with Gasteiger partial charge in [-0.05, 0) is 31.6 Å². The summed E-state index contributed by atoms with van der Waals surface area (Å²) in [6.45, 7) is 0.535. The summed E-state index contributed by atoms with van der Waals surface area (Å²) in [5, 5.41) is 13.8. The van der Waals surface area contributed by atoms with Crippen LogP contribution in [0.25, 0.3) is 0 Å².